The molecule has 3 aliphatic rings. The number of hydrazine groups is 1. The highest BCUT2D eigenvalue weighted by molar-refractivity contribution is 6.12. The SMILES string of the molecule is O=C1c2ccccc2NC(C2CCNN2)N1c1ccc2c(c1)OCCO2. The van der Waals surface area contributed by atoms with Crippen LogP contribution < -0.4 is 30.5 Å². The van der Waals surface area contributed by atoms with Crippen molar-refractivity contribution >= 4 is 17.3 Å². The number of benzene rings is 2. The molecule has 1 fully saturated rings. The zero-order valence-corrected chi connectivity index (χ0v) is 14.2. The van der Waals surface area contributed by atoms with Crippen molar-refractivity contribution in [3.8, 4) is 11.5 Å². The van der Waals surface area contributed by atoms with Crippen LogP contribution in [-0.4, -0.2) is 37.9 Å². The van der Waals surface area contributed by atoms with Crippen LogP contribution in [-0.2, 0) is 0 Å². The van der Waals surface area contributed by atoms with Crippen LogP contribution in [0.4, 0.5) is 11.4 Å². The molecule has 26 heavy (non-hydrogen) atoms. The molecule has 3 heterocycles. The fourth-order valence-corrected chi connectivity index (χ4v) is 3.76. The summed E-state index contributed by atoms with van der Waals surface area (Å²) in [6, 6.07) is 13.4. The van der Waals surface area contributed by atoms with Gasteiger partial charge in [-0.25, -0.2) is 0 Å². The molecule has 2 aromatic rings. The first-order chi connectivity index (χ1) is 12.8. The van der Waals surface area contributed by atoms with Gasteiger partial charge in [0.2, 0.25) is 0 Å². The zero-order chi connectivity index (χ0) is 17.5. The maximum absolute atomic E-state index is 13.3. The smallest absolute Gasteiger partial charge is 0.262 e. The Morgan fingerprint density at radius 1 is 1.04 bits per heavy atom. The lowest BCUT2D eigenvalue weighted by atomic mass is 10.0. The van der Waals surface area contributed by atoms with Gasteiger partial charge in [0.15, 0.2) is 11.5 Å². The second-order valence-corrected chi connectivity index (χ2v) is 6.60. The number of hydrogen-bond acceptors (Lipinski definition) is 6. The zero-order valence-electron chi connectivity index (χ0n) is 14.2. The Balaban J connectivity index is 1.58. The number of anilines is 2. The second kappa shape index (κ2) is 6.19. The second-order valence-electron chi connectivity index (χ2n) is 6.60. The molecule has 0 aromatic heterocycles. The van der Waals surface area contributed by atoms with Crippen LogP contribution in [0.15, 0.2) is 42.5 Å². The van der Waals surface area contributed by atoms with Gasteiger partial charge in [0.25, 0.3) is 5.91 Å². The highest BCUT2D eigenvalue weighted by atomic mass is 16.6. The van der Waals surface area contributed by atoms with E-state index < -0.39 is 0 Å². The summed E-state index contributed by atoms with van der Waals surface area (Å²) in [7, 11) is 0. The molecule has 1 amide bonds. The van der Waals surface area contributed by atoms with Crippen molar-refractivity contribution < 1.29 is 14.3 Å². The van der Waals surface area contributed by atoms with E-state index in [1.54, 1.807) is 0 Å². The van der Waals surface area contributed by atoms with Gasteiger partial charge >= 0.3 is 0 Å². The lowest BCUT2D eigenvalue weighted by molar-refractivity contribution is 0.0969. The van der Waals surface area contributed by atoms with Crippen molar-refractivity contribution in [2.24, 2.45) is 0 Å². The number of amides is 1. The molecule has 0 radical (unpaired) electrons. The van der Waals surface area contributed by atoms with Gasteiger partial charge < -0.3 is 14.8 Å². The molecule has 0 bridgehead atoms. The first-order valence-corrected chi connectivity index (χ1v) is 8.88. The number of ether oxygens (including phenoxy) is 2. The van der Waals surface area contributed by atoms with Gasteiger partial charge in [0.05, 0.1) is 17.3 Å². The van der Waals surface area contributed by atoms with Gasteiger partial charge in [0, 0.05) is 18.3 Å². The Labute approximate surface area is 151 Å². The van der Waals surface area contributed by atoms with Crippen LogP contribution in [0.2, 0.25) is 0 Å². The lowest BCUT2D eigenvalue weighted by Crippen LogP contribution is -2.58. The molecule has 134 valence electrons. The summed E-state index contributed by atoms with van der Waals surface area (Å²) in [5, 5.41) is 3.53. The van der Waals surface area contributed by atoms with Crippen LogP contribution in [0.1, 0.15) is 16.8 Å². The molecule has 7 nitrogen and oxygen atoms in total. The summed E-state index contributed by atoms with van der Waals surface area (Å²) >= 11 is 0. The van der Waals surface area contributed by atoms with E-state index in [2.05, 4.69) is 16.2 Å². The van der Waals surface area contributed by atoms with E-state index in [-0.39, 0.29) is 18.1 Å². The van der Waals surface area contributed by atoms with Gasteiger partial charge in [-0.2, -0.15) is 0 Å². The monoisotopic (exact) mass is 352 g/mol. The van der Waals surface area contributed by atoms with Gasteiger partial charge in [-0.05, 0) is 30.7 Å². The number of nitrogens with zero attached hydrogens (tertiary/aromatic N) is 1. The van der Waals surface area contributed by atoms with Crippen LogP contribution in [0.3, 0.4) is 0 Å². The van der Waals surface area contributed by atoms with Gasteiger partial charge in [-0.3, -0.25) is 20.5 Å². The number of nitrogens with one attached hydrogen (secondary N) is 3. The molecule has 3 aliphatic heterocycles. The van der Waals surface area contributed by atoms with E-state index in [1.807, 2.05) is 47.4 Å². The number of para-hydroxylation sites is 1. The average Bonchev–Trinajstić information content (AvgIpc) is 3.22. The quantitative estimate of drug-likeness (QED) is 0.764. The van der Waals surface area contributed by atoms with E-state index in [1.165, 1.54) is 0 Å². The first-order valence-electron chi connectivity index (χ1n) is 8.88. The normalized spacial score (nSPS) is 24.2. The number of fused-ring (bicyclic) bond motifs is 2. The van der Waals surface area contributed by atoms with Crippen molar-refractivity contribution in [2.45, 2.75) is 18.6 Å². The van der Waals surface area contributed by atoms with Crippen molar-refractivity contribution in [3.05, 3.63) is 48.0 Å². The Morgan fingerprint density at radius 2 is 1.88 bits per heavy atom. The van der Waals surface area contributed by atoms with Crippen LogP contribution in [0, 0.1) is 0 Å². The average molecular weight is 352 g/mol. The molecule has 2 atom stereocenters. The summed E-state index contributed by atoms with van der Waals surface area (Å²) in [6.07, 6.45) is 0.726. The molecular weight excluding hydrogens is 332 g/mol. The van der Waals surface area contributed by atoms with Gasteiger partial charge in [-0.1, -0.05) is 12.1 Å². The minimum Gasteiger partial charge on any atom is -0.486 e. The first kappa shape index (κ1) is 15.5. The lowest BCUT2D eigenvalue weighted by Gasteiger charge is -2.40. The molecule has 2 aromatic carbocycles. The van der Waals surface area contributed by atoms with Crippen molar-refractivity contribution in [1.82, 2.24) is 10.9 Å². The Kier molecular flexibility index (Phi) is 3.69. The molecule has 7 heteroatoms. The van der Waals surface area contributed by atoms with Crippen molar-refractivity contribution in [2.75, 3.05) is 30.0 Å². The number of rotatable bonds is 2. The van der Waals surface area contributed by atoms with E-state index >= 15 is 0 Å². The van der Waals surface area contributed by atoms with Gasteiger partial charge in [0.1, 0.15) is 19.4 Å². The summed E-state index contributed by atoms with van der Waals surface area (Å²) in [5.41, 5.74) is 8.76. The van der Waals surface area contributed by atoms with Crippen molar-refractivity contribution in [3.63, 3.8) is 0 Å². The fraction of sp³-hybridized carbons (Fsp3) is 0.316. The number of hydrogen-bond donors (Lipinski definition) is 3. The third-order valence-electron chi connectivity index (χ3n) is 5.01. The van der Waals surface area contributed by atoms with Crippen molar-refractivity contribution in [1.29, 1.82) is 0 Å². The maximum Gasteiger partial charge on any atom is 0.262 e. The maximum atomic E-state index is 13.3. The summed E-state index contributed by atoms with van der Waals surface area (Å²) < 4.78 is 11.3. The minimum atomic E-state index is -0.199. The molecule has 1 saturated heterocycles. The van der Waals surface area contributed by atoms with E-state index in [9.17, 15) is 4.79 Å². The summed E-state index contributed by atoms with van der Waals surface area (Å²) in [4.78, 5) is 15.1. The standard InChI is InChI=1S/C19H20N4O3/c24-19-13-3-1-2-4-14(13)21-18(15-7-8-20-22-15)23(19)12-5-6-16-17(11-12)26-10-9-25-16/h1-6,11,15,18,20-22H,7-10H2. The molecule has 0 spiro atoms. The Morgan fingerprint density at radius 3 is 2.73 bits per heavy atom. The fourth-order valence-electron chi connectivity index (χ4n) is 3.76. The molecular formula is C19H20N4O3. The molecule has 5 rings (SSSR count). The predicted octanol–water partition coefficient (Wildman–Crippen LogP) is 1.72. The van der Waals surface area contributed by atoms with Crippen LogP contribution in [0.25, 0.3) is 0 Å². The van der Waals surface area contributed by atoms with Gasteiger partial charge in [-0.15, -0.1) is 0 Å². The topological polar surface area (TPSA) is 74.9 Å². The number of carbonyl (C=O) groups is 1. The number of carbonyl (C=O) groups excluding carboxylic acids is 1. The molecule has 3 N–H and O–H groups in total. The van der Waals surface area contributed by atoms with E-state index in [0.717, 1.165) is 30.1 Å². The summed E-state index contributed by atoms with van der Waals surface area (Å²) in [5.74, 6) is 1.38. The highest BCUT2D eigenvalue weighted by Crippen LogP contribution is 2.37. The van der Waals surface area contributed by atoms with E-state index in [4.69, 9.17) is 9.47 Å². The third kappa shape index (κ3) is 2.48. The highest BCUT2D eigenvalue weighted by Gasteiger charge is 2.39. The largest absolute Gasteiger partial charge is 0.486 e. The summed E-state index contributed by atoms with van der Waals surface area (Å²) in [6.45, 7) is 1.93. The minimum absolute atomic E-state index is 0.0188. The predicted molar refractivity (Wildman–Crippen MR) is 97.6 cm³/mol. The molecule has 0 aliphatic carbocycles. The molecule has 2 unspecified atom stereocenters. The third-order valence-corrected chi connectivity index (χ3v) is 5.01. The van der Waals surface area contributed by atoms with E-state index in [0.29, 0.717) is 24.5 Å². The molecule has 0 saturated carbocycles. The van der Waals surface area contributed by atoms with Crippen LogP contribution >= 0.6 is 0 Å². The van der Waals surface area contributed by atoms with Crippen LogP contribution in [0.5, 0.6) is 11.5 Å². The Hall–Kier alpha value is -2.77. The Bertz CT molecular complexity index is 850.